The molecule has 0 spiro atoms. The Labute approximate surface area is 257 Å². The zero-order valence-corrected chi connectivity index (χ0v) is 24.0. The van der Waals surface area contributed by atoms with Crippen molar-refractivity contribution < 1.29 is 4.42 Å². The van der Waals surface area contributed by atoms with Crippen molar-refractivity contribution in [2.45, 2.75) is 0 Å². The summed E-state index contributed by atoms with van der Waals surface area (Å²) in [6.45, 7) is 0. The van der Waals surface area contributed by atoms with Gasteiger partial charge in [-0.25, -0.2) is 9.97 Å². The third-order valence-corrected chi connectivity index (χ3v) is 9.08. The van der Waals surface area contributed by atoms with Gasteiger partial charge < -0.3 is 14.0 Å². The molecule has 0 aliphatic heterocycles. The number of aromatic nitrogens is 4. The number of hydrogen-bond donors (Lipinski definition) is 1. The summed E-state index contributed by atoms with van der Waals surface area (Å²) >= 11 is 0. The summed E-state index contributed by atoms with van der Waals surface area (Å²) in [4.78, 5) is 12.4. The van der Waals surface area contributed by atoms with Crippen molar-refractivity contribution >= 4 is 65.7 Å². The Bertz CT molecular complexity index is 2770. The molecule has 1 N–H and O–H groups in total. The van der Waals surface area contributed by atoms with Crippen LogP contribution in [0.4, 0.5) is 0 Å². The Morgan fingerprint density at radius 3 is 2.24 bits per heavy atom. The second-order valence-corrected chi connectivity index (χ2v) is 11.6. The first kappa shape index (κ1) is 24.3. The molecule has 4 heterocycles. The topological polar surface area (TPSA) is 59.6 Å². The first-order valence-electron chi connectivity index (χ1n) is 15.1. The van der Waals surface area contributed by atoms with E-state index >= 15 is 0 Å². The highest BCUT2D eigenvalue weighted by atomic mass is 16.3. The van der Waals surface area contributed by atoms with E-state index in [-0.39, 0.29) is 0 Å². The number of nitrogens with zero attached hydrogens (tertiary/aromatic N) is 3. The lowest BCUT2D eigenvalue weighted by Crippen LogP contribution is -1.92. The van der Waals surface area contributed by atoms with E-state index < -0.39 is 0 Å². The maximum atomic E-state index is 6.05. The molecule has 0 bridgehead atoms. The number of nitrogens with one attached hydrogen (secondary N) is 1. The van der Waals surface area contributed by atoms with Crippen molar-refractivity contribution in [3.63, 3.8) is 0 Å². The van der Waals surface area contributed by atoms with Gasteiger partial charge in [-0.1, -0.05) is 66.7 Å². The highest BCUT2D eigenvalue weighted by Crippen LogP contribution is 2.41. The van der Waals surface area contributed by atoms with Gasteiger partial charge in [-0.15, -0.1) is 0 Å². The van der Waals surface area contributed by atoms with E-state index in [9.17, 15) is 0 Å². The average molecular weight is 577 g/mol. The van der Waals surface area contributed by atoms with Crippen LogP contribution in [0, 0.1) is 0 Å². The van der Waals surface area contributed by atoms with Crippen LogP contribution >= 0.6 is 0 Å². The smallest absolute Gasteiger partial charge is 0.172 e. The largest absolute Gasteiger partial charge is 0.453 e. The SMILES string of the molecule is c1ccc(-n2c3ccccc3c3cc(-c4cc(-c5ccc6oc7cncnc7c6c5)c5[nH]c6ccccc6c5c4)ccc32)cc1. The van der Waals surface area contributed by atoms with Crippen LogP contribution in [0.2, 0.25) is 0 Å². The third-order valence-electron chi connectivity index (χ3n) is 9.08. The molecule has 0 aliphatic carbocycles. The van der Waals surface area contributed by atoms with Crippen LogP contribution in [0.25, 0.3) is 93.6 Å². The van der Waals surface area contributed by atoms with E-state index in [1.165, 1.54) is 43.7 Å². The molecule has 0 fully saturated rings. The van der Waals surface area contributed by atoms with Gasteiger partial charge in [0.2, 0.25) is 0 Å². The highest BCUT2D eigenvalue weighted by Gasteiger charge is 2.17. The van der Waals surface area contributed by atoms with Gasteiger partial charge in [-0.05, 0) is 77.4 Å². The monoisotopic (exact) mass is 576 g/mol. The van der Waals surface area contributed by atoms with E-state index in [0.717, 1.165) is 44.3 Å². The Morgan fingerprint density at radius 1 is 0.556 bits per heavy atom. The van der Waals surface area contributed by atoms with Gasteiger partial charge in [0.05, 0.1) is 22.7 Å². The number of para-hydroxylation sites is 3. The van der Waals surface area contributed by atoms with Crippen LogP contribution in [-0.2, 0) is 0 Å². The fourth-order valence-corrected chi connectivity index (χ4v) is 7.04. The van der Waals surface area contributed by atoms with Gasteiger partial charge in [0.1, 0.15) is 17.4 Å². The molecule has 0 amide bonds. The van der Waals surface area contributed by atoms with Crippen LogP contribution in [0.3, 0.4) is 0 Å². The summed E-state index contributed by atoms with van der Waals surface area (Å²) in [6, 6.07) is 45.7. The Morgan fingerprint density at radius 2 is 1.31 bits per heavy atom. The number of hydrogen-bond acceptors (Lipinski definition) is 3. The number of furan rings is 1. The number of aromatic amines is 1. The summed E-state index contributed by atoms with van der Waals surface area (Å²) in [5.74, 6) is 0. The first-order chi connectivity index (χ1) is 22.3. The molecular formula is C40H24N4O. The van der Waals surface area contributed by atoms with Crippen molar-refractivity contribution in [1.82, 2.24) is 19.5 Å². The lowest BCUT2D eigenvalue weighted by Gasteiger charge is -2.11. The Kier molecular flexibility index (Phi) is 4.93. The number of H-pyrrole nitrogens is 1. The Balaban J connectivity index is 1.24. The molecule has 10 rings (SSSR count). The molecule has 210 valence electrons. The lowest BCUT2D eigenvalue weighted by atomic mass is 9.94. The zero-order chi connectivity index (χ0) is 29.5. The van der Waals surface area contributed by atoms with Gasteiger partial charge >= 0.3 is 0 Å². The van der Waals surface area contributed by atoms with Gasteiger partial charge in [0.15, 0.2) is 5.58 Å². The molecule has 4 aromatic heterocycles. The molecule has 0 saturated heterocycles. The summed E-state index contributed by atoms with van der Waals surface area (Å²) in [5.41, 5.74) is 12.7. The molecule has 0 unspecified atom stereocenters. The standard InChI is InChI=1S/C40H24N4O/c1-2-8-27(9-3-1)44-35-13-7-5-11-29(35)31-18-24(14-16-36(31)44)26-20-30(39-32(21-26)28-10-4-6-12-34(28)43-39)25-15-17-37-33(19-25)40-38(45-37)22-41-23-42-40/h1-23,43H. The summed E-state index contributed by atoms with van der Waals surface area (Å²) in [6.07, 6.45) is 3.30. The maximum Gasteiger partial charge on any atom is 0.172 e. The second kappa shape index (κ2) is 9.15. The van der Waals surface area contributed by atoms with Crippen molar-refractivity contribution in [2.24, 2.45) is 0 Å². The molecule has 6 aromatic carbocycles. The van der Waals surface area contributed by atoms with E-state index in [4.69, 9.17) is 4.42 Å². The maximum absolute atomic E-state index is 6.05. The van der Waals surface area contributed by atoms with E-state index in [1.807, 2.05) is 6.07 Å². The average Bonchev–Trinajstić information content (AvgIpc) is 3.77. The van der Waals surface area contributed by atoms with Crippen LogP contribution in [0.15, 0.2) is 144 Å². The minimum atomic E-state index is 0.692. The summed E-state index contributed by atoms with van der Waals surface area (Å²) in [7, 11) is 0. The minimum absolute atomic E-state index is 0.692. The van der Waals surface area contributed by atoms with Gasteiger partial charge in [0, 0.05) is 43.7 Å². The third kappa shape index (κ3) is 3.55. The molecular weight excluding hydrogens is 552 g/mol. The van der Waals surface area contributed by atoms with Crippen molar-refractivity contribution in [3.8, 4) is 27.9 Å². The quantitative estimate of drug-likeness (QED) is 0.228. The predicted octanol–water partition coefficient (Wildman–Crippen LogP) is 10.4. The fraction of sp³-hybridized carbons (Fsp3) is 0. The van der Waals surface area contributed by atoms with Crippen LogP contribution in [0.1, 0.15) is 0 Å². The highest BCUT2D eigenvalue weighted by molar-refractivity contribution is 6.15. The molecule has 0 radical (unpaired) electrons. The molecule has 5 nitrogen and oxygen atoms in total. The van der Waals surface area contributed by atoms with E-state index in [2.05, 4.69) is 141 Å². The van der Waals surface area contributed by atoms with Gasteiger partial charge in [-0.3, -0.25) is 0 Å². The molecule has 0 aliphatic rings. The first-order valence-corrected chi connectivity index (χ1v) is 15.1. The minimum Gasteiger partial charge on any atom is -0.453 e. The molecule has 0 atom stereocenters. The van der Waals surface area contributed by atoms with Crippen LogP contribution < -0.4 is 0 Å². The van der Waals surface area contributed by atoms with E-state index in [1.54, 1.807) is 12.5 Å². The van der Waals surface area contributed by atoms with Gasteiger partial charge in [0.25, 0.3) is 0 Å². The molecule has 10 aromatic rings. The normalized spacial score (nSPS) is 12.0. The number of fused-ring (bicyclic) bond motifs is 9. The van der Waals surface area contributed by atoms with Crippen molar-refractivity contribution in [2.75, 3.05) is 0 Å². The lowest BCUT2D eigenvalue weighted by molar-refractivity contribution is 0.665. The summed E-state index contributed by atoms with van der Waals surface area (Å²) < 4.78 is 8.40. The zero-order valence-electron chi connectivity index (χ0n) is 24.0. The summed E-state index contributed by atoms with van der Waals surface area (Å²) in [5, 5.41) is 5.86. The Hall–Kier alpha value is -6.20. The predicted molar refractivity (Wildman–Crippen MR) is 184 cm³/mol. The fourth-order valence-electron chi connectivity index (χ4n) is 7.04. The second-order valence-electron chi connectivity index (χ2n) is 11.6. The molecule has 5 heteroatoms. The van der Waals surface area contributed by atoms with Crippen molar-refractivity contribution in [1.29, 1.82) is 0 Å². The van der Waals surface area contributed by atoms with Crippen LogP contribution in [-0.4, -0.2) is 19.5 Å². The van der Waals surface area contributed by atoms with Gasteiger partial charge in [-0.2, -0.15) is 0 Å². The van der Waals surface area contributed by atoms with Crippen molar-refractivity contribution in [3.05, 3.63) is 140 Å². The number of benzene rings is 6. The molecule has 45 heavy (non-hydrogen) atoms. The molecule has 0 saturated carbocycles. The van der Waals surface area contributed by atoms with Crippen LogP contribution in [0.5, 0.6) is 0 Å². The number of rotatable bonds is 3. The van der Waals surface area contributed by atoms with E-state index in [0.29, 0.717) is 5.58 Å².